The molecule has 2 aromatic carbocycles. The third-order valence-corrected chi connectivity index (χ3v) is 19.5. The second kappa shape index (κ2) is 40.6. The van der Waals surface area contributed by atoms with Crippen LogP contribution >= 0.6 is 0 Å². The Bertz CT molecular complexity index is 3130. The molecule has 0 fully saturated rings. The fourth-order valence-corrected chi connectivity index (χ4v) is 14.5. The van der Waals surface area contributed by atoms with Crippen molar-refractivity contribution >= 4 is 47.8 Å². The molecule has 107 heavy (non-hydrogen) atoms. The molecule has 0 radical (unpaired) electrons. The Kier molecular flexibility index (Phi) is 36.8. The first-order chi connectivity index (χ1) is 48.7. The van der Waals surface area contributed by atoms with Gasteiger partial charge in [-0.15, -0.1) is 0 Å². The van der Waals surface area contributed by atoms with E-state index in [1.807, 2.05) is 105 Å². The van der Waals surface area contributed by atoms with Gasteiger partial charge in [0.15, 0.2) is 0 Å². The number of carbonyl (C=O) groups is 8. The molecular weight excluding hydrogens is 1380 g/mol. The molecule has 16 atom stereocenters. The highest BCUT2D eigenvalue weighted by Gasteiger charge is 2.58. The van der Waals surface area contributed by atoms with Gasteiger partial charge in [0, 0.05) is 0 Å². The topological polar surface area (TPSA) is 363 Å². The molecule has 0 amide bonds. The first-order valence-corrected chi connectivity index (χ1v) is 37.1. The Morgan fingerprint density at radius 3 is 1.15 bits per heavy atom. The number of carboxylic acid groups (broad SMARTS) is 2. The lowest BCUT2D eigenvalue weighted by Gasteiger charge is -2.47. The molecule has 0 bridgehead atoms. The van der Waals surface area contributed by atoms with Gasteiger partial charge in [-0.3, -0.25) is 38.4 Å². The van der Waals surface area contributed by atoms with Gasteiger partial charge in [0.1, 0.15) is 102 Å². The molecule has 0 spiro atoms. The number of aliphatic carboxylic acids is 2. The zero-order chi connectivity index (χ0) is 82.5. The number of hydrogen-bond donors (Lipinski definition) is 8. The molecule has 2 rings (SSSR count). The Balaban J connectivity index is 2.72. The van der Waals surface area contributed by atoms with Gasteiger partial charge in [0.05, 0.1) is 143 Å². The number of aliphatic hydroxyl groups is 6. The number of hydrogen-bond acceptors (Lipinski definition) is 21. The van der Waals surface area contributed by atoms with E-state index in [0.29, 0.717) is 19.0 Å². The van der Waals surface area contributed by atoms with Crippen molar-refractivity contribution < 1.29 is 130 Å². The molecule has 8 N–H and O–H groups in total. The zero-order valence-electron chi connectivity index (χ0n) is 68.9. The minimum atomic E-state index is -1.86. The molecule has 0 heterocycles. The number of rotatable bonds is 48. The lowest BCUT2D eigenvalue weighted by atomic mass is 9.56. The van der Waals surface area contributed by atoms with Gasteiger partial charge in [-0.25, -0.2) is 0 Å². The van der Waals surface area contributed by atoms with Crippen molar-refractivity contribution in [3.05, 3.63) is 71.8 Å². The molecule has 0 aliphatic carbocycles. The van der Waals surface area contributed by atoms with Crippen LogP contribution in [0, 0.1) is 56.2 Å². The van der Waals surface area contributed by atoms with Crippen LogP contribution in [0.25, 0.3) is 0 Å². The second-order valence-electron chi connectivity index (χ2n) is 37.5. The summed E-state index contributed by atoms with van der Waals surface area (Å²) in [6, 6.07) is 17.1. The van der Waals surface area contributed by atoms with Crippen LogP contribution in [0.4, 0.5) is 0 Å². The maximum absolute atomic E-state index is 15.4. The molecule has 27 heteroatoms. The largest absolute Gasteiger partial charge is 0.481 e. The van der Waals surface area contributed by atoms with E-state index in [1.165, 1.54) is 6.92 Å². The fourth-order valence-electron chi connectivity index (χ4n) is 14.5. The van der Waals surface area contributed by atoms with E-state index in [9.17, 15) is 64.8 Å². The highest BCUT2D eigenvalue weighted by molar-refractivity contribution is 5.85. The number of nitrogens with zero attached hydrogens (tertiary/aromatic N) is 4. The molecule has 16 unspecified atom stereocenters. The second-order valence-corrected chi connectivity index (χ2v) is 37.5. The molecule has 612 valence electrons. The highest BCUT2D eigenvalue weighted by Crippen LogP contribution is 2.55. The minimum Gasteiger partial charge on any atom is -0.481 e. The maximum atomic E-state index is 15.4. The molecule has 0 aliphatic rings. The number of quaternary nitrogens is 4. The predicted molar refractivity (Wildman–Crippen MR) is 402 cm³/mol. The van der Waals surface area contributed by atoms with Crippen LogP contribution in [0.5, 0.6) is 0 Å². The van der Waals surface area contributed by atoms with E-state index in [2.05, 4.69) is 0 Å². The molecule has 27 nitrogen and oxygen atoms in total. The van der Waals surface area contributed by atoms with E-state index in [1.54, 1.807) is 116 Å². The molecule has 0 saturated carbocycles. The van der Waals surface area contributed by atoms with Crippen molar-refractivity contribution in [2.75, 3.05) is 164 Å². The number of ether oxygens (including phenoxy) is 7. The van der Waals surface area contributed by atoms with Gasteiger partial charge >= 0.3 is 47.8 Å². The summed E-state index contributed by atoms with van der Waals surface area (Å²) in [7, 11) is 22.3. The van der Waals surface area contributed by atoms with Crippen LogP contribution in [-0.4, -0.2) is 307 Å². The highest BCUT2D eigenvalue weighted by atomic mass is 16.6. The third-order valence-electron chi connectivity index (χ3n) is 19.5. The monoisotopic (exact) mass is 1520 g/mol. The van der Waals surface area contributed by atoms with Crippen LogP contribution in [0.2, 0.25) is 0 Å². The quantitative estimate of drug-likeness (QED) is 0.0215. The predicted octanol–water partition coefficient (Wildman–Crippen LogP) is 5.95. The van der Waals surface area contributed by atoms with Gasteiger partial charge in [0.25, 0.3) is 0 Å². The summed E-state index contributed by atoms with van der Waals surface area (Å²) in [4.78, 5) is 116. The molecule has 0 aromatic heterocycles. The maximum Gasteiger partial charge on any atom is 0.312 e. The van der Waals surface area contributed by atoms with E-state index in [-0.39, 0.29) is 63.0 Å². The van der Waals surface area contributed by atoms with Crippen LogP contribution in [0.3, 0.4) is 0 Å². The molecule has 2 aromatic rings. The normalized spacial score (nSPS) is 18.4. The van der Waals surface area contributed by atoms with E-state index < -0.39 is 211 Å². The van der Waals surface area contributed by atoms with Crippen molar-refractivity contribution in [1.29, 1.82) is 0 Å². The average molecular weight is 1520 g/mol. The first kappa shape index (κ1) is 96.8. The lowest BCUT2D eigenvalue weighted by Crippen LogP contribution is -2.52. The number of carbonyl (C=O) groups excluding carboxylic acids is 6. The number of benzene rings is 2. The van der Waals surface area contributed by atoms with Crippen molar-refractivity contribution in [1.82, 2.24) is 0 Å². The lowest BCUT2D eigenvalue weighted by molar-refractivity contribution is -0.873. The van der Waals surface area contributed by atoms with Gasteiger partial charge in [-0.05, 0) is 100 Å². The van der Waals surface area contributed by atoms with Gasteiger partial charge < -0.3 is 91.9 Å². The smallest absolute Gasteiger partial charge is 0.312 e. The summed E-state index contributed by atoms with van der Waals surface area (Å²) < 4.78 is 42.9. The van der Waals surface area contributed by atoms with Crippen molar-refractivity contribution in [3.8, 4) is 0 Å². The summed E-state index contributed by atoms with van der Waals surface area (Å²) in [6.45, 7) is 17.0. The zero-order valence-corrected chi connectivity index (χ0v) is 68.9. The number of aliphatic hydroxyl groups excluding tert-OH is 6. The summed E-state index contributed by atoms with van der Waals surface area (Å²) in [5.41, 5.74) is -7.37. The minimum absolute atomic E-state index is 0.114. The SMILES string of the molecule is CC(CC(C(=O)O)C(C(=O)OCC(O)CO)C(CC(C(=O)O)C(C)C(=O)OCC(O)COC(COC(=O)C(C)(CC(C)(CC(C)(CC(C)(CC(C)(C)C)C(=O)OCC(O)C[N+](C)(C)C)C(=O)OCC(O)C[N+](C)(C)C)C(=O)OCC(O)C[N+](C)(C)C)C(C)(C)C)C[N+](C)(C)C)c1ccccc1)c1ccccc1. The van der Waals surface area contributed by atoms with Crippen LogP contribution in [0.1, 0.15) is 145 Å². The van der Waals surface area contributed by atoms with Gasteiger partial charge in [0.2, 0.25) is 0 Å². The Labute approximate surface area is 637 Å². The number of likely N-dealkylation sites (N-methyl/N-ethyl adjacent to an activating group) is 4. The van der Waals surface area contributed by atoms with E-state index in [0.717, 1.165) is 5.56 Å². The van der Waals surface area contributed by atoms with Crippen LogP contribution in [-0.2, 0) is 71.5 Å². The first-order valence-electron chi connectivity index (χ1n) is 37.1. The summed E-state index contributed by atoms with van der Waals surface area (Å²) >= 11 is 0. The van der Waals surface area contributed by atoms with Crippen LogP contribution in [0.15, 0.2) is 60.7 Å². The number of carboxylic acids is 2. The molecule has 0 saturated heterocycles. The van der Waals surface area contributed by atoms with E-state index in [4.69, 9.17) is 33.2 Å². The molecular formula is C80H138N4O23+4. The van der Waals surface area contributed by atoms with Crippen molar-refractivity contribution in [2.45, 2.75) is 170 Å². The van der Waals surface area contributed by atoms with E-state index >= 15 is 14.4 Å². The Morgan fingerprint density at radius 1 is 0.402 bits per heavy atom. The Hall–Kier alpha value is -6.24. The summed E-state index contributed by atoms with van der Waals surface area (Å²) in [6.07, 6.45) is -8.90. The van der Waals surface area contributed by atoms with Gasteiger partial charge in [-0.1, -0.05) is 116 Å². The van der Waals surface area contributed by atoms with Gasteiger partial charge in [-0.2, -0.15) is 0 Å². The van der Waals surface area contributed by atoms with Crippen molar-refractivity contribution in [3.63, 3.8) is 0 Å². The molecule has 0 aliphatic heterocycles. The average Bonchev–Trinajstić information content (AvgIpc) is 0.759. The Morgan fingerprint density at radius 2 is 0.766 bits per heavy atom. The number of esters is 6. The van der Waals surface area contributed by atoms with Crippen molar-refractivity contribution in [2.24, 2.45) is 56.2 Å². The summed E-state index contributed by atoms with van der Waals surface area (Å²) in [5.74, 6) is -16.2. The third kappa shape index (κ3) is 33.9. The summed E-state index contributed by atoms with van der Waals surface area (Å²) in [5, 5.41) is 86.6. The standard InChI is InChI=1S/C80H136N4O23/c1-53(55-31-27-25-28-32-55)35-65(68(93)94)66(70(96)103-45-60(89)41-85)64(56-33-29-26-30-34-56)36-63(67(91)92)54(2)69(95)102-47-61(90)46-101-62(40-84(22,23)24)48-107-74(100)80(12,76(6,7)8)52-79(11,73(99)106-44-59(88)39-83(19,20)21)51-78(10,72(98)105-43-58(87)38-82(16,17)18)50-77(9,49-75(3,4)5)71(97)104-42-57(86)37-81(13,14)15/h25-34,53-54,57-66,85-90H,35-52H2,1-24H3/q+2/p+2. The fraction of sp³-hybridized carbons (Fsp3) is 0.750. The van der Waals surface area contributed by atoms with Crippen LogP contribution < -0.4 is 0 Å².